The number of phenols is 2. The molecule has 0 aromatic heterocycles. The molecule has 3 aliphatic heterocycles. The predicted octanol–water partition coefficient (Wildman–Crippen LogP) is 4.83. The van der Waals surface area contributed by atoms with E-state index in [1.807, 2.05) is 18.2 Å². The summed E-state index contributed by atoms with van der Waals surface area (Å²) in [6, 6.07) is 11.0. The second kappa shape index (κ2) is 9.60. The first-order valence-electron chi connectivity index (χ1n) is 16.1. The SMILES string of the molecule is C=CCN1CC[C@]23CCCC[C@H]2[C@H]1Cc1ccc(O)cc13.CN1CC[C@]23c4c5ccc(O)c4O[C@H]2[C@@H](O)C=C[C@H]3[C@H]1C5. The Labute approximate surface area is 249 Å². The zero-order valence-electron chi connectivity index (χ0n) is 24.7. The summed E-state index contributed by atoms with van der Waals surface area (Å²) in [7, 11) is 2.19. The molecule has 42 heavy (non-hydrogen) atoms. The number of phenolic OH excluding ortho intramolecular Hbond substituents is 2. The monoisotopic (exact) mass is 568 g/mol. The molecule has 3 heterocycles. The lowest BCUT2D eigenvalue weighted by Gasteiger charge is -2.59. The fraction of sp³-hybridized carbons (Fsp3) is 0.556. The van der Waals surface area contributed by atoms with Crippen molar-refractivity contribution in [3.8, 4) is 17.2 Å². The van der Waals surface area contributed by atoms with Gasteiger partial charge in [-0.05, 0) is 99.5 Å². The molecule has 1 saturated carbocycles. The second-order valence-corrected chi connectivity index (χ2v) is 14.1. The van der Waals surface area contributed by atoms with Crippen LogP contribution < -0.4 is 4.74 Å². The van der Waals surface area contributed by atoms with Crippen LogP contribution in [0.15, 0.2) is 55.1 Å². The number of piperidine rings is 2. The first-order chi connectivity index (χ1) is 20.4. The molecule has 4 bridgehead atoms. The maximum atomic E-state index is 10.4. The summed E-state index contributed by atoms with van der Waals surface area (Å²) in [5.41, 5.74) is 5.58. The molecule has 3 N–H and O–H groups in total. The van der Waals surface area contributed by atoms with Gasteiger partial charge in [-0.1, -0.05) is 43.2 Å². The third-order valence-corrected chi connectivity index (χ3v) is 12.4. The fourth-order valence-corrected chi connectivity index (χ4v) is 10.7. The van der Waals surface area contributed by atoms with Gasteiger partial charge < -0.3 is 25.0 Å². The minimum atomic E-state index is -0.594. The largest absolute Gasteiger partial charge is 0.508 e. The van der Waals surface area contributed by atoms with Crippen molar-refractivity contribution in [3.05, 3.63) is 77.4 Å². The number of benzene rings is 2. The molecule has 2 aromatic rings. The molecule has 4 aliphatic carbocycles. The Hall–Kier alpha value is -2.80. The first-order valence-corrected chi connectivity index (χ1v) is 16.1. The van der Waals surface area contributed by atoms with Gasteiger partial charge in [-0.25, -0.2) is 0 Å². The molecule has 6 heteroatoms. The third kappa shape index (κ3) is 3.55. The quantitative estimate of drug-likeness (QED) is 0.451. The van der Waals surface area contributed by atoms with Gasteiger partial charge in [0.25, 0.3) is 0 Å². The average Bonchev–Trinajstić information content (AvgIpc) is 3.36. The van der Waals surface area contributed by atoms with Crippen molar-refractivity contribution in [1.82, 2.24) is 9.80 Å². The number of aliphatic hydroxyl groups excluding tert-OH is 1. The third-order valence-electron chi connectivity index (χ3n) is 12.4. The number of likely N-dealkylation sites (tertiary alicyclic amines) is 2. The van der Waals surface area contributed by atoms with Gasteiger partial charge in [-0.3, -0.25) is 4.90 Å². The van der Waals surface area contributed by atoms with Gasteiger partial charge in [0, 0.05) is 40.9 Å². The van der Waals surface area contributed by atoms with Crippen molar-refractivity contribution >= 4 is 0 Å². The van der Waals surface area contributed by atoms with Crippen LogP contribution in [0.2, 0.25) is 0 Å². The molecule has 0 radical (unpaired) electrons. The summed E-state index contributed by atoms with van der Waals surface area (Å²) < 4.78 is 6.09. The van der Waals surface area contributed by atoms with E-state index < -0.39 is 6.10 Å². The maximum absolute atomic E-state index is 10.4. The van der Waals surface area contributed by atoms with Crippen LogP contribution in [-0.4, -0.2) is 76.1 Å². The van der Waals surface area contributed by atoms with Crippen LogP contribution in [0.1, 0.15) is 60.8 Å². The molecule has 0 amide bonds. The molecule has 2 aromatic carbocycles. The van der Waals surface area contributed by atoms with E-state index >= 15 is 0 Å². The molecule has 3 fully saturated rings. The first kappa shape index (κ1) is 26.8. The minimum absolute atomic E-state index is 0.160. The van der Waals surface area contributed by atoms with Gasteiger partial charge in [0.2, 0.25) is 0 Å². The number of likely N-dealkylation sites (N-methyl/N-ethyl adjacent to an activating group) is 1. The van der Waals surface area contributed by atoms with E-state index in [9.17, 15) is 15.3 Å². The van der Waals surface area contributed by atoms with Gasteiger partial charge in [0.05, 0.1) is 0 Å². The average molecular weight is 569 g/mol. The van der Waals surface area contributed by atoms with Gasteiger partial charge in [0.15, 0.2) is 11.5 Å². The molecular formula is C36H44N2O4. The number of hydrogen-bond donors (Lipinski definition) is 3. The lowest BCUT2D eigenvalue weighted by molar-refractivity contribution is -0.0453. The summed E-state index contributed by atoms with van der Waals surface area (Å²) in [6.07, 6.45) is 15.0. The lowest BCUT2D eigenvalue weighted by atomic mass is 9.52. The Balaban J connectivity index is 0.000000127. The summed E-state index contributed by atoms with van der Waals surface area (Å²) in [5.74, 6) is 2.41. The molecule has 7 aliphatic rings. The van der Waals surface area contributed by atoms with Crippen molar-refractivity contribution in [2.24, 2.45) is 11.8 Å². The topological polar surface area (TPSA) is 76.4 Å². The summed E-state index contributed by atoms with van der Waals surface area (Å²) >= 11 is 0. The highest BCUT2D eigenvalue weighted by Gasteiger charge is 2.64. The summed E-state index contributed by atoms with van der Waals surface area (Å²) in [4.78, 5) is 5.08. The molecule has 222 valence electrons. The molecule has 8 atom stereocenters. The Morgan fingerprint density at radius 3 is 2.69 bits per heavy atom. The standard InChI is InChI=1S/C19H25NO.C17H19NO3/c1-2-10-20-11-9-19-8-4-3-5-16(19)18(20)12-14-6-7-15(21)13-17(14)19;1-18-7-6-17-10-3-5-13(20)16(17)21-15-12(19)4-2-9(14(15)17)8-11(10)18/h2,6-7,13,16,18,21H,1,3-5,8-12H2;2-5,10-11,13,16,19-20H,6-8H2,1H3/t16-,18+,19+;10-,11+,13-,16-,17-/m00/s1. The Kier molecular flexibility index (Phi) is 6.13. The number of nitrogens with zero attached hydrogens (tertiary/aromatic N) is 2. The van der Waals surface area contributed by atoms with Crippen molar-refractivity contribution in [2.75, 3.05) is 26.7 Å². The van der Waals surface area contributed by atoms with Crippen LogP contribution in [-0.2, 0) is 23.7 Å². The van der Waals surface area contributed by atoms with Crippen LogP contribution in [0, 0.1) is 11.8 Å². The Morgan fingerprint density at radius 1 is 1.00 bits per heavy atom. The number of ether oxygens (including phenoxy) is 1. The van der Waals surface area contributed by atoms with Crippen LogP contribution in [0.3, 0.4) is 0 Å². The van der Waals surface area contributed by atoms with E-state index in [0.29, 0.717) is 34.9 Å². The van der Waals surface area contributed by atoms with Crippen molar-refractivity contribution < 1.29 is 20.1 Å². The number of aliphatic hydroxyl groups is 1. The normalized spacial score (nSPS) is 38.7. The minimum Gasteiger partial charge on any atom is -0.508 e. The molecule has 9 rings (SSSR count). The molecule has 6 nitrogen and oxygen atoms in total. The Morgan fingerprint density at radius 2 is 1.83 bits per heavy atom. The van der Waals surface area contributed by atoms with Crippen LogP contribution in [0.4, 0.5) is 0 Å². The smallest absolute Gasteiger partial charge is 0.165 e. The number of hydrogen-bond acceptors (Lipinski definition) is 6. The van der Waals surface area contributed by atoms with Gasteiger partial charge in [0.1, 0.15) is 18.0 Å². The zero-order valence-corrected chi connectivity index (χ0v) is 24.7. The predicted molar refractivity (Wildman–Crippen MR) is 163 cm³/mol. The zero-order chi connectivity index (χ0) is 28.8. The fourth-order valence-electron chi connectivity index (χ4n) is 10.7. The lowest BCUT2D eigenvalue weighted by Crippen LogP contribution is -2.64. The van der Waals surface area contributed by atoms with Crippen LogP contribution >= 0.6 is 0 Å². The van der Waals surface area contributed by atoms with Crippen LogP contribution in [0.5, 0.6) is 17.2 Å². The molecule has 0 unspecified atom stereocenters. The summed E-state index contributed by atoms with van der Waals surface area (Å²) in [5, 5.41) is 30.6. The van der Waals surface area contributed by atoms with Gasteiger partial charge in [-0.2, -0.15) is 0 Å². The van der Waals surface area contributed by atoms with E-state index in [2.05, 4.69) is 47.7 Å². The van der Waals surface area contributed by atoms with E-state index in [0.717, 1.165) is 38.3 Å². The summed E-state index contributed by atoms with van der Waals surface area (Å²) in [6.45, 7) is 7.16. The highest BCUT2D eigenvalue weighted by molar-refractivity contribution is 5.61. The highest BCUT2D eigenvalue weighted by Crippen LogP contribution is 2.62. The number of rotatable bonds is 2. The highest BCUT2D eigenvalue weighted by atomic mass is 16.5. The van der Waals surface area contributed by atoms with Crippen molar-refractivity contribution in [3.63, 3.8) is 0 Å². The van der Waals surface area contributed by atoms with E-state index in [1.165, 1.54) is 60.9 Å². The van der Waals surface area contributed by atoms with Gasteiger partial charge in [-0.15, -0.1) is 6.58 Å². The number of fused-ring (bicyclic) bond motifs is 1. The second-order valence-electron chi connectivity index (χ2n) is 14.1. The van der Waals surface area contributed by atoms with E-state index in [1.54, 1.807) is 6.07 Å². The van der Waals surface area contributed by atoms with Crippen molar-refractivity contribution in [1.29, 1.82) is 0 Å². The molecule has 1 spiro atoms. The Bertz CT molecular complexity index is 1450. The molecular weight excluding hydrogens is 524 g/mol. The molecule has 2 saturated heterocycles. The van der Waals surface area contributed by atoms with Crippen LogP contribution in [0.25, 0.3) is 0 Å². The van der Waals surface area contributed by atoms with E-state index in [-0.39, 0.29) is 17.3 Å². The maximum Gasteiger partial charge on any atom is 0.165 e. The number of aromatic hydroxyl groups is 2. The van der Waals surface area contributed by atoms with Crippen molar-refractivity contribution in [2.45, 2.75) is 86.5 Å². The van der Waals surface area contributed by atoms with Gasteiger partial charge >= 0.3 is 0 Å². The van der Waals surface area contributed by atoms with E-state index in [4.69, 9.17) is 4.74 Å².